The van der Waals surface area contributed by atoms with Gasteiger partial charge in [0.2, 0.25) is 0 Å². The van der Waals surface area contributed by atoms with Crippen LogP contribution in [0.5, 0.6) is 0 Å². The van der Waals surface area contributed by atoms with Crippen LogP contribution < -0.4 is 0 Å². The normalized spacial score (nSPS) is 13.4. The largest absolute Gasteiger partial charge is 0.462 e. The fourth-order valence-electron chi connectivity index (χ4n) is 5.91. The quantitative estimate of drug-likeness (QED) is 0.0200. The predicted molar refractivity (Wildman–Crippen MR) is 269 cm³/mol. The summed E-state index contributed by atoms with van der Waals surface area (Å²) >= 11 is 0. The van der Waals surface area contributed by atoms with Crippen molar-refractivity contribution in [2.45, 2.75) is 181 Å². The van der Waals surface area contributed by atoms with Crippen LogP contribution in [0.4, 0.5) is 0 Å². The Labute approximate surface area is 385 Å². The predicted octanol–water partition coefficient (Wildman–Crippen LogP) is 16.1. The number of hydrogen-bond acceptors (Lipinski definition) is 6. The molecule has 350 valence electrons. The molecule has 0 radical (unpaired) electrons. The standard InChI is InChI=1S/C57H86O6/c1-4-7-10-13-16-19-21-23-25-27-28-30-31-33-35-38-41-44-47-50-56(59)62-53-54(52-61-55(58)49-46-43-40-37-18-15-12-9-6-3)63-57(60)51-48-45-42-39-36-34-32-29-26-24-22-20-17-14-11-8-5-2/h7-12,14,16-20,22-26,28-30,32,34,36-37,54H,4-6,13,15,21,27,31,33,35,38-53H2,1-3H3/b10-7-,11-8-,12-9-,17-14-,19-16-,22-20-,25-23-,26-24-,30-28-,32-29+,36-34-,37-18-. The van der Waals surface area contributed by atoms with Gasteiger partial charge in [0.05, 0.1) is 0 Å². The van der Waals surface area contributed by atoms with Crippen LogP contribution in [0.1, 0.15) is 175 Å². The van der Waals surface area contributed by atoms with Gasteiger partial charge in [0.25, 0.3) is 0 Å². The topological polar surface area (TPSA) is 78.9 Å². The van der Waals surface area contributed by atoms with Gasteiger partial charge < -0.3 is 14.2 Å². The van der Waals surface area contributed by atoms with E-state index in [2.05, 4.69) is 106 Å². The highest BCUT2D eigenvalue weighted by molar-refractivity contribution is 5.71. The van der Waals surface area contributed by atoms with Crippen LogP contribution in [-0.4, -0.2) is 37.2 Å². The van der Waals surface area contributed by atoms with Crippen LogP contribution in [0.25, 0.3) is 0 Å². The van der Waals surface area contributed by atoms with Crippen molar-refractivity contribution in [1.29, 1.82) is 0 Å². The third-order valence-electron chi connectivity index (χ3n) is 9.48. The average molecular weight is 867 g/mol. The van der Waals surface area contributed by atoms with Gasteiger partial charge in [0.15, 0.2) is 6.10 Å². The Morgan fingerprint density at radius 1 is 0.333 bits per heavy atom. The first-order valence-corrected chi connectivity index (χ1v) is 24.4. The molecule has 1 atom stereocenters. The molecule has 0 heterocycles. The number of ether oxygens (including phenoxy) is 3. The van der Waals surface area contributed by atoms with E-state index in [1.165, 1.54) is 12.8 Å². The van der Waals surface area contributed by atoms with Gasteiger partial charge in [-0.05, 0) is 103 Å². The molecule has 0 aliphatic carbocycles. The van der Waals surface area contributed by atoms with Crippen LogP contribution in [0.15, 0.2) is 146 Å². The van der Waals surface area contributed by atoms with Crippen molar-refractivity contribution in [2.75, 3.05) is 13.2 Å². The molecule has 0 bridgehead atoms. The lowest BCUT2D eigenvalue weighted by Gasteiger charge is -2.18. The summed E-state index contributed by atoms with van der Waals surface area (Å²) in [7, 11) is 0. The minimum Gasteiger partial charge on any atom is -0.462 e. The van der Waals surface area contributed by atoms with Gasteiger partial charge in [-0.1, -0.05) is 199 Å². The highest BCUT2D eigenvalue weighted by atomic mass is 16.6. The molecule has 0 aromatic heterocycles. The zero-order valence-electron chi connectivity index (χ0n) is 39.8. The Morgan fingerprint density at radius 3 is 1.13 bits per heavy atom. The zero-order chi connectivity index (χ0) is 45.8. The molecule has 6 heteroatoms. The molecular weight excluding hydrogens is 781 g/mol. The van der Waals surface area contributed by atoms with Gasteiger partial charge in [0.1, 0.15) is 13.2 Å². The smallest absolute Gasteiger partial charge is 0.306 e. The lowest BCUT2D eigenvalue weighted by molar-refractivity contribution is -0.167. The minimum absolute atomic E-state index is 0.121. The number of carbonyl (C=O) groups excluding carboxylic acids is 3. The van der Waals surface area contributed by atoms with E-state index in [1.807, 2.05) is 60.8 Å². The first kappa shape index (κ1) is 58.3. The van der Waals surface area contributed by atoms with Crippen molar-refractivity contribution >= 4 is 17.9 Å². The van der Waals surface area contributed by atoms with Crippen molar-refractivity contribution in [2.24, 2.45) is 0 Å². The van der Waals surface area contributed by atoms with E-state index in [0.29, 0.717) is 25.7 Å². The molecule has 0 rings (SSSR count). The molecule has 0 aromatic carbocycles. The zero-order valence-corrected chi connectivity index (χ0v) is 39.8. The summed E-state index contributed by atoms with van der Waals surface area (Å²) in [6.45, 7) is 6.14. The summed E-state index contributed by atoms with van der Waals surface area (Å²) in [5, 5.41) is 0. The van der Waals surface area contributed by atoms with E-state index in [1.54, 1.807) is 0 Å². The summed E-state index contributed by atoms with van der Waals surface area (Å²) in [5.74, 6) is -1.03. The summed E-state index contributed by atoms with van der Waals surface area (Å²) in [6.07, 6.45) is 71.2. The lowest BCUT2D eigenvalue weighted by atomic mass is 10.1. The summed E-state index contributed by atoms with van der Waals surface area (Å²) in [5.41, 5.74) is 0. The molecule has 0 N–H and O–H groups in total. The van der Waals surface area contributed by atoms with Crippen LogP contribution >= 0.6 is 0 Å². The molecule has 0 amide bonds. The van der Waals surface area contributed by atoms with Crippen molar-refractivity contribution in [3.63, 3.8) is 0 Å². The maximum Gasteiger partial charge on any atom is 0.306 e. The third kappa shape index (κ3) is 48.2. The number of rotatable bonds is 41. The molecule has 63 heavy (non-hydrogen) atoms. The molecule has 6 nitrogen and oxygen atoms in total. The van der Waals surface area contributed by atoms with Gasteiger partial charge in [-0.2, -0.15) is 0 Å². The Bertz CT molecular complexity index is 1460. The third-order valence-corrected chi connectivity index (χ3v) is 9.48. The van der Waals surface area contributed by atoms with E-state index in [4.69, 9.17) is 14.2 Å². The molecular formula is C57H86O6. The van der Waals surface area contributed by atoms with Crippen molar-refractivity contribution < 1.29 is 28.6 Å². The highest BCUT2D eigenvalue weighted by Crippen LogP contribution is 2.12. The first-order chi connectivity index (χ1) is 31.0. The molecule has 0 saturated heterocycles. The molecule has 0 aliphatic heterocycles. The average Bonchev–Trinajstić information content (AvgIpc) is 3.28. The summed E-state index contributed by atoms with van der Waals surface area (Å²) < 4.78 is 16.7. The molecule has 0 aliphatic rings. The fourth-order valence-corrected chi connectivity index (χ4v) is 5.91. The number of carbonyl (C=O) groups is 3. The monoisotopic (exact) mass is 867 g/mol. The molecule has 0 fully saturated rings. The number of esters is 3. The number of hydrogen-bond donors (Lipinski definition) is 0. The Kier molecular flexibility index (Phi) is 46.2. The van der Waals surface area contributed by atoms with Gasteiger partial charge in [0, 0.05) is 19.3 Å². The van der Waals surface area contributed by atoms with Crippen molar-refractivity contribution in [3.05, 3.63) is 146 Å². The van der Waals surface area contributed by atoms with Crippen molar-refractivity contribution in [1.82, 2.24) is 0 Å². The molecule has 1 unspecified atom stereocenters. The second-order valence-electron chi connectivity index (χ2n) is 15.4. The summed E-state index contributed by atoms with van der Waals surface area (Å²) in [6, 6.07) is 0. The molecule has 0 saturated carbocycles. The van der Waals surface area contributed by atoms with Crippen LogP contribution in [0.3, 0.4) is 0 Å². The van der Waals surface area contributed by atoms with E-state index < -0.39 is 6.10 Å². The Hall–Kier alpha value is -4.71. The molecule has 0 aromatic rings. The minimum atomic E-state index is -0.826. The highest BCUT2D eigenvalue weighted by Gasteiger charge is 2.19. The molecule has 0 spiro atoms. The summed E-state index contributed by atoms with van der Waals surface area (Å²) in [4.78, 5) is 37.8. The van der Waals surface area contributed by atoms with E-state index >= 15 is 0 Å². The maximum atomic E-state index is 12.8. The van der Waals surface area contributed by atoms with Crippen LogP contribution in [0, 0.1) is 0 Å². The second kappa shape index (κ2) is 49.9. The van der Waals surface area contributed by atoms with Crippen LogP contribution in [0.2, 0.25) is 0 Å². The fraction of sp³-hybridized carbons (Fsp3) is 0.526. The first-order valence-electron chi connectivity index (χ1n) is 24.4. The van der Waals surface area contributed by atoms with Gasteiger partial charge in [-0.15, -0.1) is 0 Å². The Morgan fingerprint density at radius 2 is 0.651 bits per heavy atom. The number of allylic oxidation sites excluding steroid dienone is 24. The van der Waals surface area contributed by atoms with Crippen molar-refractivity contribution in [3.8, 4) is 0 Å². The second-order valence-corrected chi connectivity index (χ2v) is 15.4. The van der Waals surface area contributed by atoms with E-state index in [9.17, 15) is 14.4 Å². The maximum absolute atomic E-state index is 12.8. The van der Waals surface area contributed by atoms with Gasteiger partial charge >= 0.3 is 17.9 Å². The van der Waals surface area contributed by atoms with Gasteiger partial charge in [-0.3, -0.25) is 14.4 Å². The SMILES string of the molecule is CC\C=C/C=C\C=C/C=C\C=C\C=C/CCCCCC(=O)OC(COC(=O)CCCC/C=C\C/C=C\CC)COC(=O)CCCCCCCC/C=C\C/C=C\C/C=C\C/C=C\CC. The van der Waals surface area contributed by atoms with Crippen LogP contribution in [-0.2, 0) is 28.6 Å². The van der Waals surface area contributed by atoms with Gasteiger partial charge in [-0.25, -0.2) is 0 Å². The number of unbranched alkanes of at least 4 members (excludes halogenated alkanes) is 11. The van der Waals surface area contributed by atoms with E-state index in [-0.39, 0.29) is 37.5 Å². The van der Waals surface area contributed by atoms with E-state index in [0.717, 1.165) is 109 Å². The lowest BCUT2D eigenvalue weighted by Crippen LogP contribution is -2.30. The Balaban J connectivity index is 4.51.